The van der Waals surface area contributed by atoms with E-state index in [1.165, 1.54) is 37.3 Å². The van der Waals surface area contributed by atoms with Gasteiger partial charge in [-0.05, 0) is 35.9 Å². The Morgan fingerprint density at radius 3 is 2.39 bits per heavy atom. The van der Waals surface area contributed by atoms with Gasteiger partial charge in [0, 0.05) is 31.6 Å². The maximum Gasteiger partial charge on any atom is 0.328 e. The number of carbonyl (C=O) groups excluding carboxylic acids is 3. The number of benzene rings is 2. The van der Waals surface area contributed by atoms with Crippen molar-refractivity contribution in [3.8, 4) is 5.75 Å². The highest BCUT2D eigenvalue weighted by Crippen LogP contribution is 2.18. The van der Waals surface area contributed by atoms with Crippen LogP contribution < -0.4 is 10.1 Å². The van der Waals surface area contributed by atoms with Crippen LogP contribution in [0.15, 0.2) is 48.5 Å². The van der Waals surface area contributed by atoms with E-state index in [4.69, 9.17) is 9.47 Å². The maximum absolute atomic E-state index is 13.6. The van der Waals surface area contributed by atoms with Gasteiger partial charge in [-0.25, -0.2) is 17.6 Å². The minimum Gasteiger partial charge on any atom is -0.497 e. The minimum atomic E-state index is -3.82. The second-order valence-electron chi connectivity index (χ2n) is 8.29. The number of rotatable bonds is 8. The van der Waals surface area contributed by atoms with Gasteiger partial charge in [-0.2, -0.15) is 4.31 Å². The van der Waals surface area contributed by atoms with Crippen molar-refractivity contribution in [2.75, 3.05) is 40.1 Å². The van der Waals surface area contributed by atoms with E-state index >= 15 is 0 Å². The van der Waals surface area contributed by atoms with E-state index in [1.54, 1.807) is 24.3 Å². The molecule has 0 unspecified atom stereocenters. The molecule has 1 saturated heterocycles. The summed E-state index contributed by atoms with van der Waals surface area (Å²) in [5.41, 5.74) is 0.784. The van der Waals surface area contributed by atoms with Gasteiger partial charge in [0.1, 0.15) is 23.7 Å². The molecular weight excluding hydrogens is 493 g/mol. The second kappa shape index (κ2) is 11.5. The third-order valence-electron chi connectivity index (χ3n) is 5.82. The summed E-state index contributed by atoms with van der Waals surface area (Å²) in [4.78, 5) is 39.9. The summed E-state index contributed by atoms with van der Waals surface area (Å²) in [7, 11) is -1.13. The van der Waals surface area contributed by atoms with Crippen LogP contribution in [0.2, 0.25) is 0 Å². The Morgan fingerprint density at radius 2 is 1.81 bits per heavy atom. The fraction of sp³-hybridized carbons (Fsp3) is 0.375. The fourth-order valence-electron chi connectivity index (χ4n) is 3.97. The molecule has 36 heavy (non-hydrogen) atoms. The molecule has 0 aromatic heterocycles. The zero-order valence-electron chi connectivity index (χ0n) is 20.1. The molecule has 2 amide bonds. The summed E-state index contributed by atoms with van der Waals surface area (Å²) in [5.74, 6) is -1.99. The lowest BCUT2D eigenvalue weighted by Crippen LogP contribution is -2.62. The molecule has 1 fully saturated rings. The molecule has 2 aromatic rings. The van der Waals surface area contributed by atoms with E-state index in [-0.39, 0.29) is 31.6 Å². The summed E-state index contributed by atoms with van der Waals surface area (Å²) in [5, 5.41) is 2.58. The van der Waals surface area contributed by atoms with Crippen LogP contribution in [0.5, 0.6) is 5.75 Å². The smallest absolute Gasteiger partial charge is 0.328 e. The molecule has 1 aliphatic heterocycles. The average Bonchev–Trinajstić information content (AvgIpc) is 2.86. The number of sulfonamides is 1. The number of hydrogen-bond acceptors (Lipinski definition) is 7. The molecule has 2 atom stereocenters. The Hall–Kier alpha value is -3.51. The lowest BCUT2D eigenvalue weighted by molar-refractivity contribution is -0.145. The van der Waals surface area contributed by atoms with Gasteiger partial charge in [0.15, 0.2) is 0 Å². The first-order valence-corrected chi connectivity index (χ1v) is 12.9. The van der Waals surface area contributed by atoms with Crippen molar-refractivity contribution in [3.05, 3.63) is 65.5 Å². The second-order valence-corrected chi connectivity index (χ2v) is 10.2. The number of carbonyl (C=O) groups is 3. The van der Waals surface area contributed by atoms with Gasteiger partial charge in [-0.3, -0.25) is 9.59 Å². The lowest BCUT2D eigenvalue weighted by atomic mass is 10.0. The number of esters is 1. The van der Waals surface area contributed by atoms with E-state index in [0.29, 0.717) is 11.3 Å². The molecule has 0 saturated carbocycles. The van der Waals surface area contributed by atoms with Crippen LogP contribution in [0.1, 0.15) is 15.9 Å². The third-order valence-corrected chi connectivity index (χ3v) is 7.11. The molecule has 12 heteroatoms. The molecule has 1 aliphatic rings. The highest BCUT2D eigenvalue weighted by molar-refractivity contribution is 7.88. The largest absolute Gasteiger partial charge is 0.497 e. The molecule has 0 spiro atoms. The summed E-state index contributed by atoms with van der Waals surface area (Å²) < 4.78 is 49.4. The molecule has 2 aromatic carbocycles. The lowest BCUT2D eigenvalue weighted by Gasteiger charge is -2.39. The number of nitrogens with zero attached hydrogens (tertiary/aromatic N) is 2. The standard InChI is InChI=1S/C24H28FN3O7S/c1-34-19-9-7-16(8-10-19)13-20(24(31)35-2)26-22(29)21-15-27(11-12-28(21)36(3,32)33)23(30)17-5-4-6-18(25)14-17/h4-10,14,20-21H,11-13,15H2,1-3H3,(H,26,29)/t20-,21-/m0/s1. The molecule has 10 nitrogen and oxygen atoms in total. The van der Waals surface area contributed by atoms with Gasteiger partial charge in [0.25, 0.3) is 5.91 Å². The zero-order valence-corrected chi connectivity index (χ0v) is 21.0. The van der Waals surface area contributed by atoms with Crippen LogP contribution in [-0.4, -0.2) is 87.6 Å². The molecular formula is C24H28FN3O7S. The van der Waals surface area contributed by atoms with Gasteiger partial charge in [0.2, 0.25) is 15.9 Å². The Balaban J connectivity index is 1.82. The van der Waals surface area contributed by atoms with Gasteiger partial charge in [-0.15, -0.1) is 0 Å². The van der Waals surface area contributed by atoms with Crippen molar-refractivity contribution >= 4 is 27.8 Å². The van der Waals surface area contributed by atoms with E-state index in [0.717, 1.165) is 16.6 Å². The van der Waals surface area contributed by atoms with Crippen molar-refractivity contribution < 1.29 is 36.7 Å². The zero-order chi connectivity index (χ0) is 26.5. The van der Waals surface area contributed by atoms with Crippen LogP contribution in [-0.2, 0) is 30.8 Å². The van der Waals surface area contributed by atoms with Crippen molar-refractivity contribution in [2.45, 2.75) is 18.5 Å². The van der Waals surface area contributed by atoms with Gasteiger partial charge in [-0.1, -0.05) is 18.2 Å². The minimum absolute atomic E-state index is 0.0124. The molecule has 194 valence electrons. The highest BCUT2D eigenvalue weighted by atomic mass is 32.2. The molecule has 0 bridgehead atoms. The van der Waals surface area contributed by atoms with Gasteiger partial charge in [0.05, 0.1) is 20.5 Å². The van der Waals surface area contributed by atoms with E-state index < -0.39 is 45.7 Å². The normalized spacial score (nSPS) is 17.2. The molecule has 0 radical (unpaired) electrons. The van der Waals surface area contributed by atoms with Crippen LogP contribution in [0.4, 0.5) is 4.39 Å². The maximum atomic E-state index is 13.6. The van der Waals surface area contributed by atoms with Gasteiger partial charge >= 0.3 is 5.97 Å². The Kier molecular flexibility index (Phi) is 8.64. The van der Waals surface area contributed by atoms with Crippen LogP contribution in [0, 0.1) is 5.82 Å². The molecule has 1 N–H and O–H groups in total. The number of piperazine rings is 1. The predicted molar refractivity (Wildman–Crippen MR) is 128 cm³/mol. The van der Waals surface area contributed by atoms with Gasteiger partial charge < -0.3 is 19.7 Å². The first kappa shape index (κ1) is 27.1. The topological polar surface area (TPSA) is 122 Å². The Labute approximate surface area is 209 Å². The fourth-order valence-corrected chi connectivity index (χ4v) is 5.00. The first-order valence-electron chi connectivity index (χ1n) is 11.1. The Bertz CT molecular complexity index is 1220. The van der Waals surface area contributed by atoms with Crippen LogP contribution in [0.25, 0.3) is 0 Å². The van der Waals surface area contributed by atoms with Crippen molar-refractivity contribution in [3.63, 3.8) is 0 Å². The summed E-state index contributed by atoms with van der Waals surface area (Å²) in [6, 6.07) is 9.55. The van der Waals surface area contributed by atoms with E-state index in [9.17, 15) is 27.2 Å². The number of ether oxygens (including phenoxy) is 2. The predicted octanol–water partition coefficient (Wildman–Crippen LogP) is 0.821. The molecule has 3 rings (SSSR count). The summed E-state index contributed by atoms with van der Waals surface area (Å²) in [6.45, 7) is -0.400. The number of hydrogen-bond donors (Lipinski definition) is 1. The van der Waals surface area contributed by atoms with E-state index in [1.807, 2.05) is 0 Å². The SMILES string of the molecule is COC(=O)[C@H](Cc1ccc(OC)cc1)NC(=O)[C@@H]1CN(C(=O)c2cccc(F)c2)CCN1S(C)(=O)=O. The Morgan fingerprint density at radius 1 is 1.11 bits per heavy atom. The summed E-state index contributed by atoms with van der Waals surface area (Å²) >= 11 is 0. The molecule has 1 heterocycles. The summed E-state index contributed by atoms with van der Waals surface area (Å²) in [6.07, 6.45) is 1.05. The number of halogens is 1. The quantitative estimate of drug-likeness (QED) is 0.511. The third kappa shape index (κ3) is 6.58. The number of amides is 2. The van der Waals surface area contributed by atoms with Crippen molar-refractivity contribution in [2.24, 2.45) is 0 Å². The number of nitrogens with one attached hydrogen (secondary N) is 1. The van der Waals surface area contributed by atoms with Crippen LogP contribution in [0.3, 0.4) is 0 Å². The first-order chi connectivity index (χ1) is 17.0. The monoisotopic (exact) mass is 521 g/mol. The molecule has 0 aliphatic carbocycles. The number of methoxy groups -OCH3 is 2. The average molecular weight is 522 g/mol. The highest BCUT2D eigenvalue weighted by Gasteiger charge is 2.40. The van der Waals surface area contributed by atoms with E-state index in [2.05, 4.69) is 5.32 Å². The van der Waals surface area contributed by atoms with Crippen molar-refractivity contribution in [1.29, 1.82) is 0 Å². The van der Waals surface area contributed by atoms with Crippen LogP contribution >= 0.6 is 0 Å². The van der Waals surface area contributed by atoms with Crippen molar-refractivity contribution in [1.82, 2.24) is 14.5 Å².